The molecule has 0 aliphatic carbocycles. The summed E-state index contributed by atoms with van der Waals surface area (Å²) in [5.74, 6) is 0.818. The van der Waals surface area contributed by atoms with Crippen molar-refractivity contribution in [1.29, 1.82) is 0 Å². The number of nitrogens with one attached hydrogen (secondary N) is 1. The number of methoxy groups -OCH3 is 1. The topological polar surface area (TPSA) is 50.3 Å². The van der Waals surface area contributed by atoms with Gasteiger partial charge in [-0.25, -0.2) is 9.97 Å². The molecule has 0 saturated carbocycles. The Morgan fingerprint density at radius 2 is 2.00 bits per heavy atom. The third-order valence-electron chi connectivity index (χ3n) is 3.81. The lowest BCUT2D eigenvalue weighted by Gasteiger charge is -2.30. The molecule has 1 rings (SSSR count). The number of hydrogen-bond acceptors (Lipinski definition) is 5. The van der Waals surface area contributed by atoms with Gasteiger partial charge in [-0.1, -0.05) is 20.8 Å². The van der Waals surface area contributed by atoms with E-state index in [9.17, 15) is 0 Å². The summed E-state index contributed by atoms with van der Waals surface area (Å²) in [6.07, 6.45) is 4.12. The molecule has 5 nitrogen and oxygen atoms in total. The molecule has 0 aliphatic rings. The summed E-state index contributed by atoms with van der Waals surface area (Å²) in [4.78, 5) is 11.6. The Hall–Kier alpha value is -1.20. The minimum absolute atomic E-state index is 0.458. The molecule has 0 unspecified atom stereocenters. The molecule has 0 amide bonds. The summed E-state index contributed by atoms with van der Waals surface area (Å²) >= 11 is 0. The second kappa shape index (κ2) is 9.68. The number of ether oxygens (including phenoxy) is 1. The van der Waals surface area contributed by atoms with Gasteiger partial charge in [-0.3, -0.25) is 0 Å². The number of rotatable bonds is 10. The van der Waals surface area contributed by atoms with Crippen LogP contribution in [0.4, 0.5) is 5.95 Å². The van der Waals surface area contributed by atoms with Gasteiger partial charge in [0.25, 0.3) is 0 Å². The van der Waals surface area contributed by atoms with Crippen molar-refractivity contribution >= 4 is 5.95 Å². The summed E-state index contributed by atoms with van der Waals surface area (Å²) in [5, 5.41) is 3.32. The Labute approximate surface area is 129 Å². The summed E-state index contributed by atoms with van der Waals surface area (Å²) in [6.45, 7) is 11.9. The maximum absolute atomic E-state index is 5.23. The SMILES string of the molecule is CCNCc1cnc(N(CCOC)C(CC)CC)nc1C. The number of aryl methyl sites for hydroxylation is 1. The quantitative estimate of drug-likeness (QED) is 0.718. The van der Waals surface area contributed by atoms with E-state index in [0.717, 1.165) is 49.7 Å². The fourth-order valence-corrected chi connectivity index (χ4v) is 2.42. The number of aromatic nitrogens is 2. The highest BCUT2D eigenvalue weighted by molar-refractivity contribution is 5.34. The monoisotopic (exact) mass is 294 g/mol. The lowest BCUT2D eigenvalue weighted by molar-refractivity contribution is 0.202. The van der Waals surface area contributed by atoms with Crippen LogP contribution in [0.15, 0.2) is 6.20 Å². The highest BCUT2D eigenvalue weighted by atomic mass is 16.5. The van der Waals surface area contributed by atoms with E-state index in [1.54, 1.807) is 7.11 Å². The van der Waals surface area contributed by atoms with Gasteiger partial charge in [0.2, 0.25) is 5.95 Å². The maximum atomic E-state index is 5.23. The number of anilines is 1. The zero-order valence-corrected chi connectivity index (χ0v) is 14.1. The molecule has 0 aromatic carbocycles. The molecule has 0 aliphatic heterocycles. The summed E-state index contributed by atoms with van der Waals surface area (Å²) in [7, 11) is 1.73. The van der Waals surface area contributed by atoms with Crippen LogP contribution in [-0.4, -0.2) is 42.8 Å². The second-order valence-electron chi connectivity index (χ2n) is 5.22. The van der Waals surface area contributed by atoms with Crippen molar-refractivity contribution in [3.8, 4) is 0 Å². The zero-order valence-electron chi connectivity index (χ0n) is 14.1. The van der Waals surface area contributed by atoms with Crippen LogP contribution >= 0.6 is 0 Å². The molecular weight excluding hydrogens is 264 g/mol. The van der Waals surface area contributed by atoms with Crippen LogP contribution < -0.4 is 10.2 Å². The fourth-order valence-electron chi connectivity index (χ4n) is 2.42. The Balaban J connectivity index is 2.93. The van der Waals surface area contributed by atoms with E-state index in [1.807, 2.05) is 6.20 Å². The van der Waals surface area contributed by atoms with Crippen LogP contribution in [0.5, 0.6) is 0 Å². The lowest BCUT2D eigenvalue weighted by atomic mass is 10.1. The van der Waals surface area contributed by atoms with Crippen molar-refractivity contribution in [2.45, 2.75) is 53.1 Å². The zero-order chi connectivity index (χ0) is 15.7. The third kappa shape index (κ3) is 5.25. The van der Waals surface area contributed by atoms with Crippen molar-refractivity contribution in [3.63, 3.8) is 0 Å². The Kier molecular flexibility index (Phi) is 8.23. The van der Waals surface area contributed by atoms with Crippen molar-refractivity contribution < 1.29 is 4.74 Å². The van der Waals surface area contributed by atoms with Gasteiger partial charge in [0.05, 0.1) is 6.61 Å². The van der Waals surface area contributed by atoms with Gasteiger partial charge in [-0.15, -0.1) is 0 Å². The van der Waals surface area contributed by atoms with Gasteiger partial charge in [0.1, 0.15) is 0 Å². The maximum Gasteiger partial charge on any atom is 0.225 e. The van der Waals surface area contributed by atoms with Gasteiger partial charge in [-0.05, 0) is 26.3 Å². The van der Waals surface area contributed by atoms with Crippen LogP contribution in [0.1, 0.15) is 44.9 Å². The largest absolute Gasteiger partial charge is 0.383 e. The van der Waals surface area contributed by atoms with Crippen molar-refractivity contribution in [3.05, 3.63) is 17.5 Å². The summed E-state index contributed by atoms with van der Waals surface area (Å²) in [5.41, 5.74) is 2.21. The first-order valence-corrected chi connectivity index (χ1v) is 7.96. The second-order valence-corrected chi connectivity index (χ2v) is 5.22. The minimum Gasteiger partial charge on any atom is -0.383 e. The molecule has 0 saturated heterocycles. The molecule has 0 fully saturated rings. The van der Waals surface area contributed by atoms with Crippen molar-refractivity contribution in [2.75, 3.05) is 31.7 Å². The first-order chi connectivity index (χ1) is 10.2. The van der Waals surface area contributed by atoms with E-state index in [4.69, 9.17) is 9.72 Å². The average Bonchev–Trinajstić information content (AvgIpc) is 2.50. The van der Waals surface area contributed by atoms with E-state index in [-0.39, 0.29) is 0 Å². The highest BCUT2D eigenvalue weighted by Crippen LogP contribution is 2.17. The first kappa shape index (κ1) is 17.9. The van der Waals surface area contributed by atoms with Gasteiger partial charge < -0.3 is 15.0 Å². The fraction of sp³-hybridized carbons (Fsp3) is 0.750. The van der Waals surface area contributed by atoms with Crippen molar-refractivity contribution in [2.24, 2.45) is 0 Å². The molecule has 1 aromatic heterocycles. The van der Waals surface area contributed by atoms with Crippen LogP contribution in [0, 0.1) is 6.92 Å². The van der Waals surface area contributed by atoms with Crippen LogP contribution in [0.2, 0.25) is 0 Å². The smallest absolute Gasteiger partial charge is 0.225 e. The Bertz CT molecular complexity index is 407. The highest BCUT2D eigenvalue weighted by Gasteiger charge is 2.18. The van der Waals surface area contributed by atoms with Gasteiger partial charge >= 0.3 is 0 Å². The van der Waals surface area contributed by atoms with E-state index >= 15 is 0 Å². The normalized spacial score (nSPS) is 11.1. The standard InChI is InChI=1S/C16H30N4O/c1-6-15(7-2)20(9-10-21-5)16-18-12-14(11-17-8-3)13(4)19-16/h12,15,17H,6-11H2,1-5H3. The van der Waals surface area contributed by atoms with E-state index in [0.29, 0.717) is 12.6 Å². The molecule has 1 heterocycles. The molecule has 21 heavy (non-hydrogen) atoms. The molecule has 0 radical (unpaired) electrons. The molecule has 0 spiro atoms. The predicted molar refractivity (Wildman–Crippen MR) is 87.7 cm³/mol. The molecule has 0 bridgehead atoms. The number of nitrogens with zero attached hydrogens (tertiary/aromatic N) is 3. The van der Waals surface area contributed by atoms with E-state index < -0.39 is 0 Å². The minimum atomic E-state index is 0.458. The van der Waals surface area contributed by atoms with Crippen LogP contribution in [0.25, 0.3) is 0 Å². The predicted octanol–water partition coefficient (Wildman–Crippen LogP) is 2.54. The van der Waals surface area contributed by atoms with Gasteiger partial charge in [0, 0.05) is 43.7 Å². The van der Waals surface area contributed by atoms with Crippen molar-refractivity contribution in [1.82, 2.24) is 15.3 Å². The van der Waals surface area contributed by atoms with E-state index in [1.165, 1.54) is 0 Å². The lowest BCUT2D eigenvalue weighted by Crippen LogP contribution is -2.38. The molecular formula is C16H30N4O. The molecule has 5 heteroatoms. The third-order valence-corrected chi connectivity index (χ3v) is 3.81. The average molecular weight is 294 g/mol. The molecule has 0 atom stereocenters. The Morgan fingerprint density at radius 3 is 2.52 bits per heavy atom. The van der Waals surface area contributed by atoms with Crippen LogP contribution in [0.3, 0.4) is 0 Å². The summed E-state index contributed by atoms with van der Waals surface area (Å²) < 4.78 is 5.23. The molecule has 1 aromatic rings. The van der Waals surface area contributed by atoms with Gasteiger partial charge in [0.15, 0.2) is 0 Å². The number of hydrogen-bond donors (Lipinski definition) is 1. The first-order valence-electron chi connectivity index (χ1n) is 7.96. The molecule has 120 valence electrons. The van der Waals surface area contributed by atoms with Gasteiger partial charge in [-0.2, -0.15) is 0 Å². The van der Waals surface area contributed by atoms with E-state index in [2.05, 4.69) is 42.9 Å². The van der Waals surface area contributed by atoms with Crippen LogP contribution in [-0.2, 0) is 11.3 Å². The summed E-state index contributed by atoms with van der Waals surface area (Å²) in [6, 6.07) is 0.458. The Morgan fingerprint density at radius 1 is 1.29 bits per heavy atom. The molecule has 1 N–H and O–H groups in total.